The van der Waals surface area contributed by atoms with Crippen LogP contribution in [0.4, 0.5) is 11.4 Å². The second-order valence-corrected chi connectivity index (χ2v) is 8.02. The fourth-order valence-electron chi connectivity index (χ4n) is 4.18. The molecule has 1 atom stereocenters. The Bertz CT molecular complexity index is 1100. The van der Waals surface area contributed by atoms with Crippen molar-refractivity contribution < 1.29 is 23.9 Å². The predicted molar refractivity (Wildman–Crippen MR) is 121 cm³/mol. The summed E-state index contributed by atoms with van der Waals surface area (Å²) in [5.74, 6) is -0.201. The van der Waals surface area contributed by atoms with Crippen LogP contribution in [0, 0.1) is 0 Å². The van der Waals surface area contributed by atoms with Gasteiger partial charge in [0, 0.05) is 25.9 Å². The highest BCUT2D eigenvalue weighted by Gasteiger charge is 2.38. The van der Waals surface area contributed by atoms with E-state index in [1.54, 1.807) is 40.1 Å². The standard InChI is InChI=1S/C24H24N4O5/c29-22-11-10-18(25-28(22)17-6-2-1-3-7-17)23(30)27-16-21(24(31)26-12-14-32-15-13-26)33-20-9-5-4-8-19(20)27/h1-9,21H,10-16H2. The number of nitrogens with zero attached hydrogens (tertiary/aromatic N) is 4. The van der Waals surface area contributed by atoms with E-state index in [0.717, 1.165) is 0 Å². The second kappa shape index (κ2) is 9.03. The van der Waals surface area contributed by atoms with Crippen molar-refractivity contribution in [3.05, 3.63) is 54.6 Å². The van der Waals surface area contributed by atoms with Crippen LogP contribution in [0.5, 0.6) is 5.75 Å². The molecular formula is C24H24N4O5. The smallest absolute Gasteiger partial charge is 0.274 e. The molecule has 0 aromatic heterocycles. The maximum absolute atomic E-state index is 13.6. The quantitative estimate of drug-likeness (QED) is 0.714. The SMILES string of the molecule is O=C(C1CN(C(=O)C2=NN(c3ccccc3)C(=O)CC2)c2ccccc2O1)N1CCOCC1. The number of carbonyl (C=O) groups excluding carboxylic acids is 3. The summed E-state index contributed by atoms with van der Waals surface area (Å²) in [7, 11) is 0. The highest BCUT2D eigenvalue weighted by atomic mass is 16.5. The van der Waals surface area contributed by atoms with Crippen LogP contribution in [-0.4, -0.2) is 67.3 Å². The van der Waals surface area contributed by atoms with Gasteiger partial charge in [-0.1, -0.05) is 30.3 Å². The average Bonchev–Trinajstić information content (AvgIpc) is 2.88. The number of benzene rings is 2. The van der Waals surface area contributed by atoms with Gasteiger partial charge in [0.15, 0.2) is 6.10 Å². The molecule has 9 heteroatoms. The molecule has 0 bridgehead atoms. The molecule has 0 saturated carbocycles. The third-order valence-corrected chi connectivity index (χ3v) is 5.90. The highest BCUT2D eigenvalue weighted by molar-refractivity contribution is 6.45. The minimum Gasteiger partial charge on any atom is -0.476 e. The van der Waals surface area contributed by atoms with E-state index in [1.807, 2.05) is 24.3 Å². The molecule has 1 unspecified atom stereocenters. The van der Waals surface area contributed by atoms with Gasteiger partial charge < -0.3 is 14.4 Å². The van der Waals surface area contributed by atoms with E-state index >= 15 is 0 Å². The summed E-state index contributed by atoms with van der Waals surface area (Å²) in [6, 6.07) is 16.2. The lowest BCUT2D eigenvalue weighted by Gasteiger charge is -2.37. The molecule has 5 rings (SSSR count). The number of hydrazone groups is 1. The molecule has 2 aromatic rings. The molecule has 2 aromatic carbocycles. The van der Waals surface area contributed by atoms with Gasteiger partial charge in [-0.05, 0) is 24.3 Å². The summed E-state index contributed by atoms with van der Waals surface area (Å²) < 4.78 is 11.3. The van der Waals surface area contributed by atoms with Crippen LogP contribution in [0.2, 0.25) is 0 Å². The van der Waals surface area contributed by atoms with Gasteiger partial charge in [-0.15, -0.1) is 0 Å². The molecule has 3 aliphatic rings. The van der Waals surface area contributed by atoms with Crippen molar-refractivity contribution in [2.24, 2.45) is 5.10 Å². The lowest BCUT2D eigenvalue weighted by molar-refractivity contribution is -0.142. The zero-order chi connectivity index (χ0) is 22.8. The predicted octanol–water partition coefficient (Wildman–Crippen LogP) is 1.82. The average molecular weight is 448 g/mol. The highest BCUT2D eigenvalue weighted by Crippen LogP contribution is 2.34. The maximum Gasteiger partial charge on any atom is 0.274 e. The van der Waals surface area contributed by atoms with Crippen LogP contribution in [-0.2, 0) is 19.1 Å². The minimum atomic E-state index is -0.821. The summed E-state index contributed by atoms with van der Waals surface area (Å²) in [4.78, 5) is 42.4. The monoisotopic (exact) mass is 448 g/mol. The molecule has 3 amide bonds. The van der Waals surface area contributed by atoms with Crippen LogP contribution in [0.1, 0.15) is 12.8 Å². The molecule has 0 radical (unpaired) electrons. The molecular weight excluding hydrogens is 424 g/mol. The number of rotatable bonds is 3. The maximum atomic E-state index is 13.6. The molecule has 33 heavy (non-hydrogen) atoms. The fourth-order valence-corrected chi connectivity index (χ4v) is 4.18. The van der Waals surface area contributed by atoms with Crippen molar-refractivity contribution in [1.82, 2.24) is 4.90 Å². The van der Waals surface area contributed by atoms with E-state index in [0.29, 0.717) is 43.4 Å². The summed E-state index contributed by atoms with van der Waals surface area (Å²) in [5.41, 5.74) is 1.46. The van der Waals surface area contributed by atoms with Crippen LogP contribution in [0.25, 0.3) is 0 Å². The molecule has 9 nitrogen and oxygen atoms in total. The number of hydrogen-bond acceptors (Lipinski definition) is 6. The molecule has 0 spiro atoms. The number of carbonyl (C=O) groups is 3. The normalized spacial score (nSPS) is 20.6. The Morgan fingerprint density at radius 3 is 2.45 bits per heavy atom. The summed E-state index contributed by atoms with van der Waals surface area (Å²) >= 11 is 0. The third kappa shape index (κ3) is 4.19. The van der Waals surface area contributed by atoms with Gasteiger partial charge in [0.1, 0.15) is 11.5 Å². The zero-order valence-corrected chi connectivity index (χ0v) is 18.1. The van der Waals surface area contributed by atoms with Crippen molar-refractivity contribution in [2.75, 3.05) is 42.8 Å². The Morgan fingerprint density at radius 2 is 1.67 bits per heavy atom. The minimum absolute atomic E-state index is 0.0738. The number of anilines is 2. The van der Waals surface area contributed by atoms with Crippen molar-refractivity contribution in [2.45, 2.75) is 18.9 Å². The van der Waals surface area contributed by atoms with Gasteiger partial charge in [-0.3, -0.25) is 19.3 Å². The Morgan fingerprint density at radius 1 is 0.939 bits per heavy atom. The van der Waals surface area contributed by atoms with E-state index < -0.39 is 6.10 Å². The molecule has 1 fully saturated rings. The van der Waals surface area contributed by atoms with E-state index in [2.05, 4.69) is 5.10 Å². The van der Waals surface area contributed by atoms with Gasteiger partial charge >= 0.3 is 0 Å². The molecule has 1 saturated heterocycles. The van der Waals surface area contributed by atoms with E-state index in [-0.39, 0.29) is 42.8 Å². The topological polar surface area (TPSA) is 91.8 Å². The van der Waals surface area contributed by atoms with Gasteiger partial charge in [0.25, 0.3) is 11.8 Å². The molecule has 3 aliphatic heterocycles. The number of ether oxygens (including phenoxy) is 2. The number of morpholine rings is 1. The summed E-state index contributed by atoms with van der Waals surface area (Å²) in [6.45, 7) is 2.03. The van der Waals surface area contributed by atoms with Gasteiger partial charge in [-0.2, -0.15) is 5.10 Å². The molecule has 0 aliphatic carbocycles. The molecule has 170 valence electrons. The van der Waals surface area contributed by atoms with Crippen LogP contribution < -0.4 is 14.6 Å². The van der Waals surface area contributed by atoms with E-state index in [1.165, 1.54) is 5.01 Å². The largest absolute Gasteiger partial charge is 0.476 e. The fraction of sp³-hybridized carbons (Fsp3) is 0.333. The first-order valence-electron chi connectivity index (χ1n) is 11.0. The number of para-hydroxylation sites is 3. The van der Waals surface area contributed by atoms with Crippen LogP contribution in [0.15, 0.2) is 59.7 Å². The zero-order valence-electron chi connectivity index (χ0n) is 18.1. The van der Waals surface area contributed by atoms with Crippen molar-refractivity contribution >= 4 is 34.8 Å². The summed E-state index contributed by atoms with van der Waals surface area (Å²) in [5, 5.41) is 5.67. The molecule has 3 heterocycles. The Balaban J connectivity index is 1.43. The number of amides is 3. The Kier molecular flexibility index (Phi) is 5.78. The van der Waals surface area contributed by atoms with Crippen molar-refractivity contribution in [1.29, 1.82) is 0 Å². The lowest BCUT2D eigenvalue weighted by Crippen LogP contribution is -2.55. The third-order valence-electron chi connectivity index (χ3n) is 5.90. The number of fused-ring (bicyclic) bond motifs is 1. The lowest BCUT2D eigenvalue weighted by atomic mass is 10.1. The second-order valence-electron chi connectivity index (χ2n) is 8.02. The van der Waals surface area contributed by atoms with Gasteiger partial charge in [-0.25, -0.2) is 5.01 Å². The van der Waals surface area contributed by atoms with Crippen molar-refractivity contribution in [3.63, 3.8) is 0 Å². The first kappa shape index (κ1) is 21.1. The Labute approximate surface area is 191 Å². The van der Waals surface area contributed by atoms with Gasteiger partial charge in [0.2, 0.25) is 5.91 Å². The number of hydrogen-bond donors (Lipinski definition) is 0. The van der Waals surface area contributed by atoms with E-state index in [9.17, 15) is 14.4 Å². The van der Waals surface area contributed by atoms with Crippen LogP contribution in [0.3, 0.4) is 0 Å². The first-order valence-corrected chi connectivity index (χ1v) is 11.0. The summed E-state index contributed by atoms with van der Waals surface area (Å²) in [6.07, 6.45) is -0.400. The van der Waals surface area contributed by atoms with Crippen LogP contribution >= 0.6 is 0 Å². The molecule has 0 N–H and O–H groups in total. The van der Waals surface area contributed by atoms with Gasteiger partial charge in [0.05, 0.1) is 31.1 Å². The van der Waals surface area contributed by atoms with Crippen molar-refractivity contribution in [3.8, 4) is 5.75 Å². The van der Waals surface area contributed by atoms with E-state index in [4.69, 9.17) is 9.47 Å². The Hall–Kier alpha value is -3.72. The first-order chi connectivity index (χ1) is 16.1.